The molecule has 120 valence electrons. The number of anilines is 1. The summed E-state index contributed by atoms with van der Waals surface area (Å²) in [6.45, 7) is 3.00. The van der Waals surface area contributed by atoms with E-state index in [9.17, 15) is 14.9 Å². The van der Waals surface area contributed by atoms with E-state index in [0.29, 0.717) is 12.2 Å². The Morgan fingerprint density at radius 3 is 2.96 bits per heavy atom. The maximum absolute atomic E-state index is 11.2. The second kappa shape index (κ2) is 6.07. The van der Waals surface area contributed by atoms with Gasteiger partial charge in [0.2, 0.25) is 5.91 Å². The Labute approximate surface area is 132 Å². The molecule has 1 saturated heterocycles. The minimum Gasteiger partial charge on any atom is -0.369 e. The summed E-state index contributed by atoms with van der Waals surface area (Å²) in [5.74, 6) is -0.0420. The summed E-state index contributed by atoms with van der Waals surface area (Å²) >= 11 is 0. The van der Waals surface area contributed by atoms with Gasteiger partial charge in [0.15, 0.2) is 0 Å². The molecule has 3 rings (SSSR count). The molecule has 1 unspecified atom stereocenters. The molecule has 1 N–H and O–H groups in total. The second-order valence-electron chi connectivity index (χ2n) is 5.53. The number of aromatic nitrogens is 2. The van der Waals surface area contributed by atoms with Crippen LogP contribution >= 0.6 is 0 Å². The summed E-state index contributed by atoms with van der Waals surface area (Å²) in [7, 11) is 0. The highest BCUT2D eigenvalue weighted by atomic mass is 16.6. The van der Waals surface area contributed by atoms with Gasteiger partial charge < -0.3 is 14.8 Å². The maximum atomic E-state index is 11.2. The largest absolute Gasteiger partial charge is 0.369 e. The highest BCUT2D eigenvalue weighted by Gasteiger charge is 2.25. The highest BCUT2D eigenvalue weighted by Crippen LogP contribution is 2.29. The lowest BCUT2D eigenvalue weighted by atomic mass is 10.2. The van der Waals surface area contributed by atoms with Crippen LogP contribution in [0, 0.1) is 10.1 Å². The molecule has 2 aromatic rings. The lowest BCUT2D eigenvalue weighted by Crippen LogP contribution is -2.35. The van der Waals surface area contributed by atoms with Crippen LogP contribution < -0.4 is 10.2 Å². The summed E-state index contributed by atoms with van der Waals surface area (Å²) in [5.41, 5.74) is 1.41. The zero-order chi connectivity index (χ0) is 16.4. The molecule has 0 spiro atoms. The van der Waals surface area contributed by atoms with Crippen LogP contribution in [0.5, 0.6) is 0 Å². The average molecular weight is 315 g/mol. The molecule has 1 aromatic carbocycles. The van der Waals surface area contributed by atoms with Crippen LogP contribution in [0.2, 0.25) is 0 Å². The van der Waals surface area contributed by atoms with Gasteiger partial charge in [0.25, 0.3) is 5.69 Å². The Balaban J connectivity index is 1.88. The first kappa shape index (κ1) is 15.0. The molecular formula is C15H17N5O3. The number of hydrogen-bond acceptors (Lipinski definition) is 5. The lowest BCUT2D eigenvalue weighted by Gasteiger charge is -2.20. The Hall–Kier alpha value is -2.90. The molecule has 0 radical (unpaired) electrons. The molecule has 1 aromatic heterocycles. The van der Waals surface area contributed by atoms with Crippen molar-refractivity contribution >= 4 is 17.3 Å². The third-order valence-corrected chi connectivity index (χ3v) is 3.90. The third kappa shape index (κ3) is 3.15. The maximum Gasteiger partial charge on any atom is 0.293 e. The number of imidazole rings is 1. The Morgan fingerprint density at radius 2 is 2.30 bits per heavy atom. The number of carbonyl (C=O) groups is 1. The molecule has 0 aliphatic carbocycles. The van der Waals surface area contributed by atoms with Gasteiger partial charge in [0.05, 0.1) is 11.3 Å². The molecule has 1 atom stereocenters. The molecule has 0 saturated carbocycles. The number of nitrogens with zero attached hydrogens (tertiary/aromatic N) is 4. The van der Waals surface area contributed by atoms with E-state index in [1.54, 1.807) is 29.1 Å². The van der Waals surface area contributed by atoms with Gasteiger partial charge in [-0.15, -0.1) is 0 Å². The molecule has 8 nitrogen and oxygen atoms in total. The normalized spacial score (nSPS) is 17.3. The van der Waals surface area contributed by atoms with Crippen molar-refractivity contribution in [1.29, 1.82) is 0 Å². The Kier molecular flexibility index (Phi) is 3.96. The van der Waals surface area contributed by atoms with Gasteiger partial charge in [-0.3, -0.25) is 14.9 Å². The van der Waals surface area contributed by atoms with Gasteiger partial charge in [-0.1, -0.05) is 0 Å². The van der Waals surface area contributed by atoms with Crippen molar-refractivity contribution in [2.45, 2.75) is 19.4 Å². The standard InChI is InChI=1S/C15H17N5O3/c1-11(21)17-12-4-6-18(9-12)13-2-3-14(20(22)23)15(8-13)19-7-5-16-10-19/h2-3,5,7-8,10,12H,4,6,9H2,1H3,(H,17,21). The van der Waals surface area contributed by atoms with E-state index < -0.39 is 4.92 Å². The topological polar surface area (TPSA) is 93.3 Å². The van der Waals surface area contributed by atoms with Gasteiger partial charge in [-0.05, 0) is 18.6 Å². The van der Waals surface area contributed by atoms with Crippen LogP contribution in [0.25, 0.3) is 5.69 Å². The van der Waals surface area contributed by atoms with Gasteiger partial charge in [0, 0.05) is 50.2 Å². The molecule has 2 heterocycles. The molecule has 0 bridgehead atoms. The first-order valence-electron chi connectivity index (χ1n) is 7.33. The molecule has 1 amide bonds. The van der Waals surface area contributed by atoms with Crippen molar-refractivity contribution in [3.05, 3.63) is 47.0 Å². The number of rotatable bonds is 4. The number of amides is 1. The predicted octanol–water partition coefficient (Wildman–Crippen LogP) is 1.50. The predicted molar refractivity (Wildman–Crippen MR) is 84.7 cm³/mol. The van der Waals surface area contributed by atoms with Gasteiger partial charge in [0.1, 0.15) is 5.69 Å². The summed E-state index contributed by atoms with van der Waals surface area (Å²) < 4.78 is 1.63. The minimum atomic E-state index is -0.400. The average Bonchev–Trinajstić information content (AvgIpc) is 3.17. The van der Waals surface area contributed by atoms with E-state index in [4.69, 9.17) is 0 Å². The van der Waals surface area contributed by atoms with Crippen LogP contribution in [0.3, 0.4) is 0 Å². The molecule has 1 aliphatic heterocycles. The van der Waals surface area contributed by atoms with Gasteiger partial charge in [-0.2, -0.15) is 0 Å². The smallest absolute Gasteiger partial charge is 0.293 e. The zero-order valence-corrected chi connectivity index (χ0v) is 12.7. The molecule has 23 heavy (non-hydrogen) atoms. The number of carbonyl (C=O) groups excluding carboxylic acids is 1. The van der Waals surface area contributed by atoms with Crippen LogP contribution in [0.4, 0.5) is 11.4 Å². The number of nitro benzene ring substituents is 1. The van der Waals surface area contributed by atoms with Crippen LogP contribution in [-0.2, 0) is 4.79 Å². The summed E-state index contributed by atoms with van der Waals surface area (Å²) in [6, 6.07) is 5.15. The Bertz CT molecular complexity index is 729. The van der Waals surface area contributed by atoms with E-state index in [-0.39, 0.29) is 17.6 Å². The third-order valence-electron chi connectivity index (χ3n) is 3.90. The summed E-state index contributed by atoms with van der Waals surface area (Å²) in [4.78, 5) is 28.1. The van der Waals surface area contributed by atoms with Crippen molar-refractivity contribution in [2.24, 2.45) is 0 Å². The lowest BCUT2D eigenvalue weighted by molar-refractivity contribution is -0.384. The number of nitro groups is 1. The van der Waals surface area contributed by atoms with Crippen molar-refractivity contribution < 1.29 is 9.72 Å². The van der Waals surface area contributed by atoms with Crippen molar-refractivity contribution in [3.8, 4) is 5.69 Å². The van der Waals surface area contributed by atoms with Crippen molar-refractivity contribution in [2.75, 3.05) is 18.0 Å². The molecule has 8 heteroatoms. The number of hydrogen-bond donors (Lipinski definition) is 1. The van der Waals surface area contributed by atoms with Crippen molar-refractivity contribution in [1.82, 2.24) is 14.9 Å². The molecule has 1 aliphatic rings. The zero-order valence-electron chi connectivity index (χ0n) is 12.7. The SMILES string of the molecule is CC(=O)NC1CCN(c2ccc([N+](=O)[O-])c(-n3ccnc3)c2)C1. The summed E-state index contributed by atoms with van der Waals surface area (Å²) in [5, 5.41) is 14.1. The molecule has 1 fully saturated rings. The Morgan fingerprint density at radius 1 is 1.48 bits per heavy atom. The first-order valence-corrected chi connectivity index (χ1v) is 7.33. The van der Waals surface area contributed by atoms with E-state index in [1.807, 2.05) is 0 Å². The second-order valence-corrected chi connectivity index (χ2v) is 5.53. The van der Waals surface area contributed by atoms with Gasteiger partial charge in [-0.25, -0.2) is 4.98 Å². The number of nitrogens with one attached hydrogen (secondary N) is 1. The quantitative estimate of drug-likeness (QED) is 0.681. The van der Waals surface area contributed by atoms with E-state index in [2.05, 4.69) is 15.2 Å². The monoisotopic (exact) mass is 315 g/mol. The van der Waals surface area contributed by atoms with E-state index in [0.717, 1.165) is 18.7 Å². The summed E-state index contributed by atoms with van der Waals surface area (Å²) in [6.07, 6.45) is 5.66. The van der Waals surface area contributed by atoms with E-state index >= 15 is 0 Å². The van der Waals surface area contributed by atoms with Crippen LogP contribution in [-0.4, -0.2) is 39.5 Å². The van der Waals surface area contributed by atoms with Crippen LogP contribution in [0.15, 0.2) is 36.9 Å². The molecular weight excluding hydrogens is 298 g/mol. The van der Waals surface area contributed by atoms with Crippen molar-refractivity contribution in [3.63, 3.8) is 0 Å². The van der Waals surface area contributed by atoms with E-state index in [1.165, 1.54) is 19.3 Å². The van der Waals surface area contributed by atoms with Gasteiger partial charge >= 0.3 is 0 Å². The fraction of sp³-hybridized carbons (Fsp3) is 0.333. The highest BCUT2D eigenvalue weighted by molar-refractivity contribution is 5.73. The fourth-order valence-corrected chi connectivity index (χ4v) is 2.87. The minimum absolute atomic E-state index is 0.0318. The number of benzene rings is 1. The first-order chi connectivity index (χ1) is 11.0. The van der Waals surface area contributed by atoms with Crippen LogP contribution in [0.1, 0.15) is 13.3 Å². The fourth-order valence-electron chi connectivity index (χ4n) is 2.87.